The van der Waals surface area contributed by atoms with Gasteiger partial charge in [-0.2, -0.15) is 0 Å². The summed E-state index contributed by atoms with van der Waals surface area (Å²) in [6, 6.07) is 15.5. The van der Waals surface area contributed by atoms with Crippen LogP contribution in [0.25, 0.3) is 0 Å². The zero-order chi connectivity index (χ0) is 18.5. The SMILES string of the molecule is CCOC(=O)c1ccc(NC(=O)CN(C)[C@@H]2CCc3ccccc32)cc1. The third kappa shape index (κ3) is 4.11. The normalized spacial score (nSPS) is 15.6. The standard InChI is InChI=1S/C21H24N2O3/c1-3-26-21(25)16-8-11-17(12-9-16)22-20(24)14-23(2)19-13-10-15-6-4-5-7-18(15)19/h4-9,11-12,19H,3,10,13-14H2,1-2H3,(H,22,24)/t19-/m1/s1. The first kappa shape index (κ1) is 18.1. The number of hydrogen-bond donors (Lipinski definition) is 1. The maximum Gasteiger partial charge on any atom is 0.338 e. The smallest absolute Gasteiger partial charge is 0.338 e. The van der Waals surface area contributed by atoms with Crippen molar-refractivity contribution in [2.45, 2.75) is 25.8 Å². The molecule has 1 aliphatic carbocycles. The molecular formula is C21H24N2O3. The summed E-state index contributed by atoms with van der Waals surface area (Å²) in [6.07, 6.45) is 2.10. The Morgan fingerprint density at radius 3 is 2.62 bits per heavy atom. The van der Waals surface area contributed by atoms with Gasteiger partial charge in [0.2, 0.25) is 5.91 Å². The quantitative estimate of drug-likeness (QED) is 0.810. The highest BCUT2D eigenvalue weighted by atomic mass is 16.5. The summed E-state index contributed by atoms with van der Waals surface area (Å²) < 4.78 is 4.95. The Labute approximate surface area is 154 Å². The van der Waals surface area contributed by atoms with Crippen molar-refractivity contribution in [3.8, 4) is 0 Å². The van der Waals surface area contributed by atoms with Crippen LogP contribution in [-0.2, 0) is 16.0 Å². The van der Waals surface area contributed by atoms with Crippen LogP contribution in [0.4, 0.5) is 5.69 Å². The molecule has 2 aromatic carbocycles. The second-order valence-electron chi connectivity index (χ2n) is 6.51. The number of esters is 1. The molecular weight excluding hydrogens is 328 g/mol. The molecule has 0 aromatic heterocycles. The first-order valence-corrected chi connectivity index (χ1v) is 8.93. The molecule has 1 amide bonds. The number of hydrogen-bond acceptors (Lipinski definition) is 4. The average molecular weight is 352 g/mol. The van der Waals surface area contributed by atoms with Crippen LogP contribution in [0.1, 0.15) is 40.9 Å². The lowest BCUT2D eigenvalue weighted by Gasteiger charge is -2.24. The van der Waals surface area contributed by atoms with Gasteiger partial charge in [-0.3, -0.25) is 9.69 Å². The van der Waals surface area contributed by atoms with Crippen LogP contribution in [0.3, 0.4) is 0 Å². The van der Waals surface area contributed by atoms with Crippen LogP contribution in [0, 0.1) is 0 Å². The zero-order valence-corrected chi connectivity index (χ0v) is 15.2. The number of carbonyl (C=O) groups is 2. The molecule has 3 rings (SSSR count). The Morgan fingerprint density at radius 1 is 1.15 bits per heavy atom. The molecule has 5 nitrogen and oxygen atoms in total. The van der Waals surface area contributed by atoms with Crippen molar-refractivity contribution >= 4 is 17.6 Å². The van der Waals surface area contributed by atoms with Gasteiger partial charge in [-0.1, -0.05) is 24.3 Å². The summed E-state index contributed by atoms with van der Waals surface area (Å²) in [7, 11) is 1.98. The molecule has 0 heterocycles. The molecule has 26 heavy (non-hydrogen) atoms. The number of carbonyl (C=O) groups excluding carboxylic acids is 2. The highest BCUT2D eigenvalue weighted by molar-refractivity contribution is 5.94. The number of aryl methyl sites for hydroxylation is 1. The second-order valence-corrected chi connectivity index (χ2v) is 6.51. The minimum Gasteiger partial charge on any atom is -0.462 e. The van der Waals surface area contributed by atoms with Gasteiger partial charge in [-0.05, 0) is 62.2 Å². The molecule has 1 N–H and O–H groups in total. The molecule has 2 aromatic rings. The molecule has 0 saturated carbocycles. The van der Waals surface area contributed by atoms with Crippen molar-refractivity contribution in [2.24, 2.45) is 0 Å². The fourth-order valence-corrected chi connectivity index (χ4v) is 3.43. The van der Waals surface area contributed by atoms with E-state index in [1.165, 1.54) is 11.1 Å². The highest BCUT2D eigenvalue weighted by Crippen LogP contribution is 2.34. The van der Waals surface area contributed by atoms with E-state index < -0.39 is 0 Å². The number of benzene rings is 2. The molecule has 0 saturated heterocycles. The van der Waals surface area contributed by atoms with Crippen LogP contribution < -0.4 is 5.32 Å². The average Bonchev–Trinajstić information content (AvgIpc) is 3.06. The first-order chi connectivity index (χ1) is 12.6. The van der Waals surface area contributed by atoms with Crippen LogP contribution in [-0.4, -0.2) is 37.0 Å². The Balaban J connectivity index is 1.56. The molecule has 136 valence electrons. The Bertz CT molecular complexity index is 786. The second kappa shape index (κ2) is 8.15. The summed E-state index contributed by atoms with van der Waals surface area (Å²) in [5.74, 6) is -0.425. The molecule has 1 aliphatic rings. The lowest BCUT2D eigenvalue weighted by molar-refractivity contribution is -0.117. The van der Waals surface area contributed by atoms with Crippen molar-refractivity contribution < 1.29 is 14.3 Å². The van der Waals surface area contributed by atoms with Crippen LogP contribution in [0.2, 0.25) is 0 Å². The fourth-order valence-electron chi connectivity index (χ4n) is 3.43. The van der Waals surface area contributed by atoms with E-state index in [1.807, 2.05) is 7.05 Å². The number of amides is 1. The predicted octanol–water partition coefficient (Wildman–Crippen LogP) is 3.42. The summed E-state index contributed by atoms with van der Waals surface area (Å²) in [4.78, 5) is 26.1. The van der Waals surface area contributed by atoms with Crippen molar-refractivity contribution in [3.05, 3.63) is 65.2 Å². The number of nitrogens with one attached hydrogen (secondary N) is 1. The van der Waals surface area contributed by atoms with Crippen LogP contribution in [0.15, 0.2) is 48.5 Å². The van der Waals surface area contributed by atoms with Gasteiger partial charge in [-0.25, -0.2) is 4.79 Å². The van der Waals surface area contributed by atoms with Gasteiger partial charge in [0, 0.05) is 11.7 Å². The predicted molar refractivity (Wildman–Crippen MR) is 101 cm³/mol. The fraction of sp³-hybridized carbons (Fsp3) is 0.333. The molecule has 1 atom stereocenters. The molecule has 0 spiro atoms. The van der Waals surface area contributed by atoms with Crippen LogP contribution >= 0.6 is 0 Å². The summed E-state index contributed by atoms with van der Waals surface area (Å²) in [6.45, 7) is 2.43. The summed E-state index contributed by atoms with van der Waals surface area (Å²) >= 11 is 0. The number of ether oxygens (including phenoxy) is 1. The molecule has 0 bridgehead atoms. The maximum absolute atomic E-state index is 12.4. The third-order valence-corrected chi connectivity index (χ3v) is 4.71. The van der Waals surface area contributed by atoms with Gasteiger partial charge in [0.05, 0.1) is 18.7 Å². The van der Waals surface area contributed by atoms with E-state index in [2.05, 4.69) is 34.5 Å². The van der Waals surface area contributed by atoms with E-state index in [0.717, 1.165) is 12.8 Å². The van der Waals surface area contributed by atoms with Gasteiger partial charge < -0.3 is 10.1 Å². The topological polar surface area (TPSA) is 58.6 Å². The molecule has 0 radical (unpaired) electrons. The largest absolute Gasteiger partial charge is 0.462 e. The molecule has 5 heteroatoms. The summed E-state index contributed by atoms with van der Waals surface area (Å²) in [5.41, 5.74) is 3.84. The minimum absolute atomic E-state index is 0.0687. The van der Waals surface area contributed by atoms with E-state index in [1.54, 1.807) is 31.2 Å². The lowest BCUT2D eigenvalue weighted by atomic mass is 10.1. The number of likely N-dealkylation sites (N-methyl/N-ethyl adjacent to an activating group) is 1. The minimum atomic E-state index is -0.356. The number of rotatable bonds is 6. The number of fused-ring (bicyclic) bond motifs is 1. The van der Waals surface area contributed by atoms with Gasteiger partial charge in [0.15, 0.2) is 0 Å². The van der Waals surface area contributed by atoms with E-state index in [0.29, 0.717) is 24.4 Å². The van der Waals surface area contributed by atoms with Gasteiger partial charge >= 0.3 is 5.97 Å². The van der Waals surface area contributed by atoms with Crippen molar-refractivity contribution in [1.82, 2.24) is 4.90 Å². The molecule has 0 unspecified atom stereocenters. The molecule has 0 fully saturated rings. The zero-order valence-electron chi connectivity index (χ0n) is 15.2. The van der Waals surface area contributed by atoms with Crippen molar-refractivity contribution in [2.75, 3.05) is 25.5 Å². The molecule has 0 aliphatic heterocycles. The van der Waals surface area contributed by atoms with E-state index in [4.69, 9.17) is 4.74 Å². The monoisotopic (exact) mass is 352 g/mol. The number of anilines is 1. The van der Waals surface area contributed by atoms with E-state index in [9.17, 15) is 9.59 Å². The van der Waals surface area contributed by atoms with Gasteiger partial charge in [0.25, 0.3) is 0 Å². The summed E-state index contributed by atoms with van der Waals surface area (Å²) in [5, 5.41) is 2.89. The van der Waals surface area contributed by atoms with Crippen molar-refractivity contribution in [1.29, 1.82) is 0 Å². The maximum atomic E-state index is 12.4. The Kier molecular flexibility index (Phi) is 5.68. The van der Waals surface area contributed by atoms with Crippen LogP contribution in [0.5, 0.6) is 0 Å². The van der Waals surface area contributed by atoms with E-state index in [-0.39, 0.29) is 17.9 Å². The number of nitrogens with zero attached hydrogens (tertiary/aromatic N) is 1. The third-order valence-electron chi connectivity index (χ3n) is 4.71. The van der Waals surface area contributed by atoms with Gasteiger partial charge in [0.1, 0.15) is 0 Å². The van der Waals surface area contributed by atoms with E-state index >= 15 is 0 Å². The lowest BCUT2D eigenvalue weighted by Crippen LogP contribution is -2.32. The first-order valence-electron chi connectivity index (χ1n) is 8.93. The Morgan fingerprint density at radius 2 is 1.88 bits per heavy atom. The Hall–Kier alpha value is -2.66. The highest BCUT2D eigenvalue weighted by Gasteiger charge is 2.26. The van der Waals surface area contributed by atoms with Crippen molar-refractivity contribution in [3.63, 3.8) is 0 Å². The van der Waals surface area contributed by atoms with Gasteiger partial charge in [-0.15, -0.1) is 0 Å².